The molecule has 5 N–H and O–H groups in total. The Bertz CT molecular complexity index is 1210. The first-order valence-electron chi connectivity index (χ1n) is 11.1. The van der Waals surface area contributed by atoms with E-state index in [0.717, 1.165) is 36.3 Å². The molecular formula is C22H24F3N7OS. The molecule has 180 valence electrons. The lowest BCUT2D eigenvalue weighted by Crippen LogP contribution is -2.32. The minimum Gasteiger partial charge on any atom is -0.389 e. The van der Waals surface area contributed by atoms with Gasteiger partial charge >= 0.3 is 0 Å². The minimum atomic E-state index is -1.10. The molecule has 2 aromatic heterocycles. The topological polar surface area (TPSA) is 115 Å². The van der Waals surface area contributed by atoms with Crippen molar-refractivity contribution >= 4 is 33.8 Å². The Labute approximate surface area is 197 Å². The van der Waals surface area contributed by atoms with Gasteiger partial charge in [0.25, 0.3) is 5.91 Å². The van der Waals surface area contributed by atoms with E-state index < -0.39 is 23.7 Å². The summed E-state index contributed by atoms with van der Waals surface area (Å²) in [6, 6.07) is 3.42. The molecule has 1 aromatic carbocycles. The summed E-state index contributed by atoms with van der Waals surface area (Å²) >= 11 is 0.821. The molecule has 2 atom stereocenters. The third-order valence-electron chi connectivity index (χ3n) is 6.00. The van der Waals surface area contributed by atoms with Crippen molar-refractivity contribution in [3.05, 3.63) is 41.7 Å². The van der Waals surface area contributed by atoms with Crippen LogP contribution in [0.5, 0.6) is 0 Å². The van der Waals surface area contributed by atoms with Crippen LogP contribution in [0.25, 0.3) is 10.6 Å². The quantitative estimate of drug-likeness (QED) is 0.501. The number of anilines is 3. The van der Waals surface area contributed by atoms with E-state index >= 15 is 0 Å². The highest BCUT2D eigenvalue weighted by atomic mass is 32.1. The highest BCUT2D eigenvalue weighted by Gasteiger charge is 2.33. The van der Waals surface area contributed by atoms with Crippen molar-refractivity contribution in [3.8, 4) is 10.6 Å². The molecule has 12 heteroatoms. The lowest BCUT2D eigenvalue weighted by Gasteiger charge is -2.25. The summed E-state index contributed by atoms with van der Waals surface area (Å²) in [6.07, 6.45) is 3.21. The van der Waals surface area contributed by atoms with Gasteiger partial charge in [0.05, 0.1) is 24.3 Å². The smallest absolute Gasteiger partial charge is 0.277 e. The number of rotatable bonds is 5. The molecule has 34 heavy (non-hydrogen) atoms. The Hall–Kier alpha value is -3.12. The zero-order valence-electron chi connectivity index (χ0n) is 18.2. The first-order valence-corrected chi connectivity index (χ1v) is 11.9. The van der Waals surface area contributed by atoms with Crippen molar-refractivity contribution in [1.82, 2.24) is 14.8 Å². The Morgan fingerprint density at radius 3 is 2.65 bits per heavy atom. The zero-order chi connectivity index (χ0) is 24.0. The van der Waals surface area contributed by atoms with Gasteiger partial charge in [-0.1, -0.05) is 17.4 Å². The monoisotopic (exact) mass is 491 g/mol. The summed E-state index contributed by atoms with van der Waals surface area (Å²) in [5.74, 6) is -1.62. The molecule has 5 rings (SSSR count). The van der Waals surface area contributed by atoms with Crippen molar-refractivity contribution in [3.63, 3.8) is 0 Å². The van der Waals surface area contributed by atoms with E-state index in [4.69, 9.17) is 11.5 Å². The molecule has 2 fully saturated rings. The number of nitrogens with two attached hydrogens (primary N) is 2. The largest absolute Gasteiger partial charge is 0.389 e. The fraction of sp³-hybridized carbons (Fsp3) is 0.409. The van der Waals surface area contributed by atoms with Gasteiger partial charge in [-0.3, -0.25) is 4.79 Å². The number of halogens is 3. The molecule has 0 radical (unpaired) electrons. The van der Waals surface area contributed by atoms with Gasteiger partial charge in [-0.25, -0.2) is 22.8 Å². The maximum absolute atomic E-state index is 14.5. The van der Waals surface area contributed by atoms with Crippen molar-refractivity contribution < 1.29 is 18.0 Å². The summed E-state index contributed by atoms with van der Waals surface area (Å²) in [4.78, 5) is 19.1. The third-order valence-corrected chi connectivity index (χ3v) is 6.90. The van der Waals surface area contributed by atoms with Crippen molar-refractivity contribution in [2.45, 2.75) is 43.9 Å². The molecule has 3 aromatic rings. The average Bonchev–Trinajstić information content (AvgIpc) is 3.47. The molecule has 2 unspecified atom stereocenters. The van der Waals surface area contributed by atoms with Crippen molar-refractivity contribution in [1.29, 1.82) is 0 Å². The van der Waals surface area contributed by atoms with Gasteiger partial charge in [0.1, 0.15) is 33.5 Å². The molecule has 1 aliphatic carbocycles. The second-order valence-electron chi connectivity index (χ2n) is 8.67. The number of carbonyl (C=O) groups excluding carboxylic acids is 1. The van der Waals surface area contributed by atoms with E-state index in [-0.39, 0.29) is 46.3 Å². The van der Waals surface area contributed by atoms with Gasteiger partial charge in [0.15, 0.2) is 11.5 Å². The average molecular weight is 492 g/mol. The van der Waals surface area contributed by atoms with E-state index in [0.29, 0.717) is 24.5 Å². The SMILES string of the molecule is Nc1sc(-c2c(F)cccc2F)nc1C(=O)Nc1cnn(C2CC2)c1N1CCC(N)CC(F)C1. The molecule has 0 bridgehead atoms. The van der Waals surface area contributed by atoms with Crippen LogP contribution in [-0.2, 0) is 0 Å². The van der Waals surface area contributed by atoms with Crippen LogP contribution in [0.3, 0.4) is 0 Å². The number of hydrogen-bond acceptors (Lipinski definition) is 7. The van der Waals surface area contributed by atoms with E-state index in [1.807, 2.05) is 9.58 Å². The zero-order valence-corrected chi connectivity index (χ0v) is 19.0. The lowest BCUT2D eigenvalue weighted by molar-refractivity contribution is 0.102. The number of hydrogen-bond donors (Lipinski definition) is 3. The van der Waals surface area contributed by atoms with Crippen LogP contribution >= 0.6 is 11.3 Å². The van der Waals surface area contributed by atoms with Crippen LogP contribution in [0.15, 0.2) is 24.4 Å². The Balaban J connectivity index is 1.44. The number of nitrogens with one attached hydrogen (secondary N) is 1. The molecule has 3 heterocycles. The number of amides is 1. The fourth-order valence-corrected chi connectivity index (χ4v) is 5.07. The maximum Gasteiger partial charge on any atom is 0.277 e. The molecule has 1 saturated heterocycles. The summed E-state index contributed by atoms with van der Waals surface area (Å²) in [6.45, 7) is 0.670. The van der Waals surface area contributed by atoms with E-state index in [2.05, 4.69) is 15.4 Å². The van der Waals surface area contributed by atoms with E-state index in [1.165, 1.54) is 12.3 Å². The third kappa shape index (κ3) is 4.34. The van der Waals surface area contributed by atoms with E-state index in [1.54, 1.807) is 0 Å². The lowest BCUT2D eigenvalue weighted by atomic mass is 10.1. The van der Waals surface area contributed by atoms with E-state index in [9.17, 15) is 18.0 Å². The Morgan fingerprint density at radius 2 is 1.94 bits per heavy atom. The molecule has 1 aliphatic heterocycles. The van der Waals surface area contributed by atoms with Gasteiger partial charge in [0.2, 0.25) is 0 Å². The van der Waals surface area contributed by atoms with Crippen molar-refractivity contribution in [2.75, 3.05) is 29.0 Å². The number of benzene rings is 1. The number of alkyl halides is 1. The molecule has 1 amide bonds. The number of nitrogens with zero attached hydrogens (tertiary/aromatic N) is 4. The van der Waals surface area contributed by atoms with Gasteiger partial charge < -0.3 is 21.7 Å². The highest BCUT2D eigenvalue weighted by Crippen LogP contribution is 2.41. The molecule has 1 saturated carbocycles. The summed E-state index contributed by atoms with van der Waals surface area (Å²) in [5.41, 5.74) is 11.9. The fourth-order valence-electron chi connectivity index (χ4n) is 4.20. The Kier molecular flexibility index (Phi) is 5.94. The predicted molar refractivity (Wildman–Crippen MR) is 125 cm³/mol. The molecular weight excluding hydrogens is 467 g/mol. The van der Waals surface area contributed by atoms with Gasteiger partial charge in [0, 0.05) is 12.6 Å². The minimum absolute atomic E-state index is 0.0239. The second-order valence-corrected chi connectivity index (χ2v) is 9.70. The number of aromatic nitrogens is 3. The van der Waals surface area contributed by atoms with Crippen LogP contribution in [0.4, 0.5) is 29.7 Å². The first kappa shape index (κ1) is 22.7. The van der Waals surface area contributed by atoms with Crippen molar-refractivity contribution in [2.24, 2.45) is 5.73 Å². The van der Waals surface area contributed by atoms with Gasteiger partial charge in [-0.2, -0.15) is 5.10 Å². The van der Waals surface area contributed by atoms with Crippen LogP contribution in [0.1, 0.15) is 42.2 Å². The maximum atomic E-state index is 14.5. The predicted octanol–water partition coefficient (Wildman–Crippen LogP) is 3.72. The molecule has 2 aliphatic rings. The molecule has 0 spiro atoms. The summed E-state index contributed by atoms with van der Waals surface area (Å²) < 4.78 is 44.7. The Morgan fingerprint density at radius 1 is 1.21 bits per heavy atom. The number of nitrogen functional groups attached to an aromatic ring is 1. The second kappa shape index (κ2) is 8.91. The normalized spacial score (nSPS) is 20.9. The van der Waals surface area contributed by atoms with Crippen LogP contribution in [0, 0.1) is 11.6 Å². The first-order chi connectivity index (χ1) is 16.3. The number of thiazole rings is 1. The molecule has 8 nitrogen and oxygen atoms in total. The number of carbonyl (C=O) groups is 1. The van der Waals surface area contributed by atoms with Crippen LogP contribution in [-0.4, -0.2) is 46.0 Å². The summed E-state index contributed by atoms with van der Waals surface area (Å²) in [7, 11) is 0. The van der Waals surface area contributed by atoms with Gasteiger partial charge in [-0.15, -0.1) is 0 Å². The van der Waals surface area contributed by atoms with Crippen LogP contribution in [0.2, 0.25) is 0 Å². The standard InChI is InChI=1S/C22H24F3N7OS/c23-11-8-12(26)6-7-31(10-11)22-16(9-28-32(22)13-4-5-13)29-20(33)18-19(27)34-21(30-18)17-14(24)2-1-3-15(17)25/h1-3,9,11-13H,4-8,10,26-27H2,(H,29,33). The van der Waals surface area contributed by atoms with Crippen LogP contribution < -0.4 is 21.7 Å². The highest BCUT2D eigenvalue weighted by molar-refractivity contribution is 7.19. The summed E-state index contributed by atoms with van der Waals surface area (Å²) in [5, 5.41) is 7.19. The van der Waals surface area contributed by atoms with Gasteiger partial charge in [-0.05, 0) is 37.8 Å².